The largest absolute Gasteiger partial charge is 0.493 e. The Labute approximate surface area is 183 Å². The first-order valence-corrected chi connectivity index (χ1v) is 9.81. The van der Waals surface area contributed by atoms with Crippen LogP contribution >= 0.6 is 47.8 Å². The SMILES string of the molecule is COc1cc(C(=O)O)c(Br)c(Br)c1OC.COc1cc(C)cc(Br)c1OC. The molecule has 0 aliphatic heterocycles. The molecule has 0 amide bonds. The minimum atomic E-state index is -1.04. The van der Waals surface area contributed by atoms with Gasteiger partial charge in [-0.05, 0) is 78.5 Å². The molecule has 0 bridgehead atoms. The Balaban J connectivity index is 0.000000277. The molecule has 2 aromatic carbocycles. The van der Waals surface area contributed by atoms with Gasteiger partial charge in [-0.15, -0.1) is 0 Å². The number of rotatable bonds is 5. The van der Waals surface area contributed by atoms with E-state index in [1.165, 1.54) is 20.3 Å². The molecule has 0 atom stereocenters. The fourth-order valence-corrected chi connectivity index (χ4v) is 3.88. The van der Waals surface area contributed by atoms with Gasteiger partial charge in [-0.2, -0.15) is 0 Å². The molecule has 2 rings (SSSR count). The Hall–Kier alpha value is -1.45. The number of carboxylic acids is 1. The van der Waals surface area contributed by atoms with Crippen molar-refractivity contribution in [1.82, 2.24) is 0 Å². The number of carboxylic acid groups (broad SMARTS) is 1. The molecule has 148 valence electrons. The van der Waals surface area contributed by atoms with Crippen molar-refractivity contribution in [2.45, 2.75) is 6.92 Å². The molecule has 0 radical (unpaired) electrons. The van der Waals surface area contributed by atoms with Gasteiger partial charge in [0.2, 0.25) is 0 Å². The van der Waals surface area contributed by atoms with Crippen molar-refractivity contribution < 1.29 is 28.8 Å². The second kappa shape index (κ2) is 10.8. The van der Waals surface area contributed by atoms with Gasteiger partial charge >= 0.3 is 5.97 Å². The molecule has 0 unspecified atom stereocenters. The summed E-state index contributed by atoms with van der Waals surface area (Å²) in [6.07, 6.45) is 0. The average molecular weight is 571 g/mol. The van der Waals surface area contributed by atoms with Gasteiger partial charge in [-0.25, -0.2) is 4.79 Å². The average Bonchev–Trinajstić information content (AvgIpc) is 2.63. The van der Waals surface area contributed by atoms with Crippen LogP contribution < -0.4 is 18.9 Å². The molecule has 0 spiro atoms. The molecule has 0 aliphatic rings. The van der Waals surface area contributed by atoms with E-state index < -0.39 is 5.97 Å². The van der Waals surface area contributed by atoms with E-state index >= 15 is 0 Å². The second-order valence-electron chi connectivity index (χ2n) is 5.08. The molecule has 0 saturated carbocycles. The van der Waals surface area contributed by atoms with Crippen molar-refractivity contribution in [3.05, 3.63) is 42.7 Å². The number of carbonyl (C=O) groups is 1. The van der Waals surface area contributed by atoms with Crippen LogP contribution in [-0.4, -0.2) is 39.5 Å². The van der Waals surface area contributed by atoms with Crippen LogP contribution in [0.25, 0.3) is 0 Å². The topological polar surface area (TPSA) is 74.2 Å². The highest BCUT2D eigenvalue weighted by Crippen LogP contribution is 2.42. The molecule has 0 saturated heterocycles. The predicted molar refractivity (Wildman–Crippen MR) is 114 cm³/mol. The number of halogens is 3. The van der Waals surface area contributed by atoms with E-state index in [0.29, 0.717) is 20.4 Å². The van der Waals surface area contributed by atoms with Crippen LogP contribution in [-0.2, 0) is 0 Å². The van der Waals surface area contributed by atoms with Gasteiger partial charge in [0.25, 0.3) is 0 Å². The summed E-state index contributed by atoms with van der Waals surface area (Å²) in [6.45, 7) is 2.01. The van der Waals surface area contributed by atoms with Crippen molar-refractivity contribution in [3.63, 3.8) is 0 Å². The maximum atomic E-state index is 10.9. The highest BCUT2D eigenvalue weighted by Gasteiger charge is 2.19. The molecule has 0 heterocycles. The Morgan fingerprint density at radius 3 is 1.78 bits per heavy atom. The first kappa shape index (κ1) is 23.6. The smallest absolute Gasteiger partial charge is 0.337 e. The Morgan fingerprint density at radius 1 is 0.815 bits per heavy atom. The summed E-state index contributed by atoms with van der Waals surface area (Å²) in [5.41, 5.74) is 1.25. The molecule has 9 heteroatoms. The van der Waals surface area contributed by atoms with Gasteiger partial charge in [0.15, 0.2) is 23.0 Å². The molecule has 27 heavy (non-hydrogen) atoms. The zero-order valence-electron chi connectivity index (χ0n) is 15.4. The first-order chi connectivity index (χ1) is 12.7. The van der Waals surface area contributed by atoms with Crippen LogP contribution in [0, 0.1) is 6.92 Å². The van der Waals surface area contributed by atoms with Crippen molar-refractivity contribution in [2.24, 2.45) is 0 Å². The molecular formula is C18H19Br3O6. The molecule has 0 aliphatic carbocycles. The summed E-state index contributed by atoms with van der Waals surface area (Å²) in [7, 11) is 6.18. The van der Waals surface area contributed by atoms with E-state index in [0.717, 1.165) is 21.5 Å². The third-order valence-electron chi connectivity index (χ3n) is 3.36. The lowest BCUT2D eigenvalue weighted by Gasteiger charge is -2.12. The zero-order valence-corrected chi connectivity index (χ0v) is 20.1. The maximum Gasteiger partial charge on any atom is 0.337 e. The molecule has 6 nitrogen and oxygen atoms in total. The molecule has 2 aromatic rings. The number of methoxy groups -OCH3 is 4. The monoisotopic (exact) mass is 568 g/mol. The first-order valence-electron chi connectivity index (χ1n) is 7.43. The van der Waals surface area contributed by atoms with Crippen LogP contribution in [0.2, 0.25) is 0 Å². The third-order valence-corrected chi connectivity index (χ3v) is 6.06. The standard InChI is InChI=1S/C9H8Br2O4.C9H11BrO2/c1-14-5-3-4(9(12)13)6(10)7(11)8(5)15-2;1-6-4-7(10)9(12-3)8(5-6)11-2/h3H,1-2H3,(H,12,13);4-5H,1-3H3. The highest BCUT2D eigenvalue weighted by molar-refractivity contribution is 9.13. The summed E-state index contributed by atoms with van der Waals surface area (Å²) in [4.78, 5) is 10.9. The Bertz CT molecular complexity index is 823. The van der Waals surface area contributed by atoms with Crippen molar-refractivity contribution >= 4 is 53.8 Å². The van der Waals surface area contributed by atoms with Crippen LogP contribution in [0.15, 0.2) is 31.6 Å². The Kier molecular flexibility index (Phi) is 9.41. The quantitative estimate of drug-likeness (QED) is 0.497. The third kappa shape index (κ3) is 5.76. The second-order valence-corrected chi connectivity index (χ2v) is 7.52. The summed E-state index contributed by atoms with van der Waals surface area (Å²) >= 11 is 9.80. The normalized spacial score (nSPS) is 9.78. The number of aromatic carboxylic acids is 1. The lowest BCUT2D eigenvalue weighted by molar-refractivity contribution is 0.0695. The fourth-order valence-electron chi connectivity index (χ4n) is 2.13. The van der Waals surface area contributed by atoms with Gasteiger partial charge < -0.3 is 24.1 Å². The maximum absolute atomic E-state index is 10.9. The van der Waals surface area contributed by atoms with Crippen LogP contribution in [0.4, 0.5) is 0 Å². The summed E-state index contributed by atoms with van der Waals surface area (Å²) in [5.74, 6) is 1.27. The van der Waals surface area contributed by atoms with Crippen molar-refractivity contribution in [2.75, 3.05) is 28.4 Å². The van der Waals surface area contributed by atoms with Gasteiger partial charge in [0.1, 0.15) is 0 Å². The van der Waals surface area contributed by atoms with E-state index in [9.17, 15) is 4.79 Å². The van der Waals surface area contributed by atoms with Gasteiger partial charge in [-0.3, -0.25) is 0 Å². The van der Waals surface area contributed by atoms with E-state index in [-0.39, 0.29) is 5.56 Å². The van der Waals surface area contributed by atoms with E-state index in [1.807, 2.05) is 19.1 Å². The van der Waals surface area contributed by atoms with Crippen LogP contribution in [0.5, 0.6) is 23.0 Å². The lowest BCUT2D eigenvalue weighted by atomic mass is 10.2. The zero-order chi connectivity index (χ0) is 20.7. The van der Waals surface area contributed by atoms with Crippen LogP contribution in [0.1, 0.15) is 15.9 Å². The molecule has 0 aromatic heterocycles. The summed E-state index contributed by atoms with van der Waals surface area (Å²) in [6, 6.07) is 5.32. The van der Waals surface area contributed by atoms with Gasteiger partial charge in [0, 0.05) is 0 Å². The van der Waals surface area contributed by atoms with Gasteiger partial charge in [0.05, 0.1) is 47.4 Å². The number of hydrogen-bond acceptors (Lipinski definition) is 5. The van der Waals surface area contributed by atoms with E-state index in [2.05, 4.69) is 47.8 Å². The highest BCUT2D eigenvalue weighted by atomic mass is 79.9. The minimum absolute atomic E-state index is 0.111. The molecule has 1 N–H and O–H groups in total. The van der Waals surface area contributed by atoms with E-state index in [4.69, 9.17) is 24.1 Å². The molecule has 0 fully saturated rings. The van der Waals surface area contributed by atoms with Crippen molar-refractivity contribution in [3.8, 4) is 23.0 Å². The number of benzene rings is 2. The van der Waals surface area contributed by atoms with Crippen molar-refractivity contribution in [1.29, 1.82) is 0 Å². The Morgan fingerprint density at radius 2 is 1.33 bits per heavy atom. The van der Waals surface area contributed by atoms with Crippen LogP contribution in [0.3, 0.4) is 0 Å². The number of ether oxygens (including phenoxy) is 4. The minimum Gasteiger partial charge on any atom is -0.493 e. The summed E-state index contributed by atoms with van der Waals surface area (Å²) < 4.78 is 22.3. The predicted octanol–water partition coefficient (Wildman–Crippen LogP) is 5.70. The molecular weight excluding hydrogens is 552 g/mol. The summed E-state index contributed by atoms with van der Waals surface area (Å²) in [5, 5.41) is 8.93. The number of aryl methyl sites for hydroxylation is 1. The van der Waals surface area contributed by atoms with Gasteiger partial charge in [-0.1, -0.05) is 0 Å². The lowest BCUT2D eigenvalue weighted by Crippen LogP contribution is -2.01. The van der Waals surface area contributed by atoms with E-state index in [1.54, 1.807) is 14.2 Å². The fraction of sp³-hybridized carbons (Fsp3) is 0.278. The number of hydrogen-bond donors (Lipinski definition) is 1.